The number of anilines is 1. The number of non-ortho nitro benzene ring substituents is 1. The van der Waals surface area contributed by atoms with E-state index in [1.807, 2.05) is 0 Å². The Labute approximate surface area is 156 Å². The van der Waals surface area contributed by atoms with Gasteiger partial charge in [0.15, 0.2) is 0 Å². The molecule has 0 spiro atoms. The maximum atomic E-state index is 12.2. The summed E-state index contributed by atoms with van der Waals surface area (Å²) in [6.07, 6.45) is 1.77. The number of benzene rings is 2. The SMILES string of the molecule is Cc1cc([N+](=O)[O-])cc(Cl)c1NCc1ccc(S(=O)(=O)NC2CC2)cc1. The second kappa shape index (κ2) is 7.22. The zero-order chi connectivity index (χ0) is 18.9. The number of aryl methyl sites for hydroxylation is 1. The molecule has 7 nitrogen and oxygen atoms in total. The molecule has 9 heteroatoms. The Morgan fingerprint density at radius 1 is 1.23 bits per heavy atom. The van der Waals surface area contributed by atoms with E-state index in [1.165, 1.54) is 12.1 Å². The third kappa shape index (κ3) is 4.32. The Morgan fingerprint density at radius 3 is 2.42 bits per heavy atom. The van der Waals surface area contributed by atoms with Gasteiger partial charge in [0.05, 0.1) is 20.5 Å². The average molecular weight is 396 g/mol. The van der Waals surface area contributed by atoms with Crippen molar-refractivity contribution in [1.29, 1.82) is 0 Å². The van der Waals surface area contributed by atoms with Crippen molar-refractivity contribution in [3.63, 3.8) is 0 Å². The predicted octanol–water partition coefficient (Wildman–Crippen LogP) is 3.61. The summed E-state index contributed by atoms with van der Waals surface area (Å²) in [6.45, 7) is 2.15. The van der Waals surface area contributed by atoms with Gasteiger partial charge < -0.3 is 5.32 Å². The highest BCUT2D eigenvalue weighted by Crippen LogP contribution is 2.31. The molecular weight excluding hydrogens is 378 g/mol. The summed E-state index contributed by atoms with van der Waals surface area (Å²) in [6, 6.07) is 9.39. The van der Waals surface area contributed by atoms with E-state index in [1.54, 1.807) is 31.2 Å². The van der Waals surface area contributed by atoms with Crippen LogP contribution in [0, 0.1) is 17.0 Å². The van der Waals surface area contributed by atoms with Crippen molar-refractivity contribution in [3.8, 4) is 0 Å². The summed E-state index contributed by atoms with van der Waals surface area (Å²) in [5, 5.41) is 14.3. The summed E-state index contributed by atoms with van der Waals surface area (Å²) in [7, 11) is -3.46. The first-order valence-corrected chi connectivity index (χ1v) is 9.92. The highest BCUT2D eigenvalue weighted by molar-refractivity contribution is 7.89. The molecule has 0 heterocycles. The summed E-state index contributed by atoms with van der Waals surface area (Å²) in [5.74, 6) is 0. The van der Waals surface area contributed by atoms with E-state index in [0.29, 0.717) is 17.8 Å². The number of sulfonamides is 1. The lowest BCUT2D eigenvalue weighted by Gasteiger charge is -2.12. The Kier molecular flexibility index (Phi) is 5.17. The molecule has 1 aliphatic rings. The van der Waals surface area contributed by atoms with Crippen LogP contribution >= 0.6 is 11.6 Å². The summed E-state index contributed by atoms with van der Waals surface area (Å²) in [4.78, 5) is 10.6. The van der Waals surface area contributed by atoms with E-state index in [9.17, 15) is 18.5 Å². The normalized spacial score (nSPS) is 14.2. The van der Waals surface area contributed by atoms with E-state index < -0.39 is 14.9 Å². The smallest absolute Gasteiger partial charge is 0.271 e. The average Bonchev–Trinajstić information content (AvgIpc) is 3.37. The van der Waals surface area contributed by atoms with Gasteiger partial charge >= 0.3 is 0 Å². The fourth-order valence-electron chi connectivity index (χ4n) is 2.52. The number of hydrogen-bond acceptors (Lipinski definition) is 5. The van der Waals surface area contributed by atoms with Crippen LogP contribution < -0.4 is 10.0 Å². The van der Waals surface area contributed by atoms with Gasteiger partial charge in [-0.15, -0.1) is 0 Å². The fourth-order valence-corrected chi connectivity index (χ4v) is 4.15. The predicted molar refractivity (Wildman–Crippen MR) is 100.0 cm³/mol. The highest BCUT2D eigenvalue weighted by atomic mass is 35.5. The van der Waals surface area contributed by atoms with Crippen molar-refractivity contribution in [2.75, 3.05) is 5.32 Å². The van der Waals surface area contributed by atoms with Crippen LogP contribution in [0.4, 0.5) is 11.4 Å². The number of nitrogens with one attached hydrogen (secondary N) is 2. The quantitative estimate of drug-likeness (QED) is 0.550. The molecule has 0 aliphatic heterocycles. The molecule has 0 radical (unpaired) electrons. The second-order valence-electron chi connectivity index (χ2n) is 6.27. The van der Waals surface area contributed by atoms with Gasteiger partial charge in [-0.3, -0.25) is 10.1 Å². The Bertz CT molecular complexity index is 918. The number of rotatable bonds is 7. The molecule has 26 heavy (non-hydrogen) atoms. The van der Waals surface area contributed by atoms with Gasteiger partial charge in [0, 0.05) is 24.7 Å². The first-order valence-electron chi connectivity index (χ1n) is 8.06. The summed E-state index contributed by atoms with van der Waals surface area (Å²) >= 11 is 6.13. The van der Waals surface area contributed by atoms with Crippen molar-refractivity contribution in [1.82, 2.24) is 4.72 Å². The third-order valence-corrected chi connectivity index (χ3v) is 5.92. The number of halogens is 1. The van der Waals surface area contributed by atoms with Crippen LogP contribution in [-0.4, -0.2) is 19.4 Å². The molecular formula is C17H18ClN3O4S. The van der Waals surface area contributed by atoms with Gasteiger partial charge in [-0.25, -0.2) is 13.1 Å². The molecule has 1 saturated carbocycles. The molecule has 2 aromatic rings. The van der Waals surface area contributed by atoms with Gasteiger partial charge in [0.25, 0.3) is 5.69 Å². The van der Waals surface area contributed by atoms with E-state index in [4.69, 9.17) is 11.6 Å². The van der Waals surface area contributed by atoms with Crippen LogP contribution in [0.3, 0.4) is 0 Å². The van der Waals surface area contributed by atoms with E-state index in [2.05, 4.69) is 10.0 Å². The standard InChI is InChI=1S/C17H18ClN3O4S/c1-11-8-14(21(22)23)9-16(18)17(11)19-10-12-2-6-15(7-3-12)26(24,25)20-13-4-5-13/h2-3,6-9,13,19-20H,4-5,10H2,1H3. The first kappa shape index (κ1) is 18.6. The van der Waals surface area contributed by atoms with Crippen LogP contribution in [0.15, 0.2) is 41.3 Å². The van der Waals surface area contributed by atoms with Gasteiger partial charge in [0.2, 0.25) is 10.0 Å². The number of nitro groups is 1. The Balaban J connectivity index is 1.69. The zero-order valence-corrected chi connectivity index (χ0v) is 15.6. The van der Waals surface area contributed by atoms with Crippen LogP contribution in [0.2, 0.25) is 5.02 Å². The molecule has 0 aromatic heterocycles. The van der Waals surface area contributed by atoms with Crippen molar-refractivity contribution in [2.24, 2.45) is 0 Å². The van der Waals surface area contributed by atoms with E-state index in [0.717, 1.165) is 18.4 Å². The number of hydrogen-bond donors (Lipinski definition) is 2. The first-order chi connectivity index (χ1) is 12.3. The van der Waals surface area contributed by atoms with E-state index >= 15 is 0 Å². The number of nitrogens with zero attached hydrogens (tertiary/aromatic N) is 1. The Morgan fingerprint density at radius 2 is 1.88 bits per heavy atom. The van der Waals surface area contributed by atoms with Gasteiger partial charge in [-0.2, -0.15) is 0 Å². The molecule has 1 aliphatic carbocycles. The molecule has 3 rings (SSSR count). The third-order valence-electron chi connectivity index (χ3n) is 4.09. The second-order valence-corrected chi connectivity index (χ2v) is 8.39. The molecule has 2 N–H and O–H groups in total. The lowest BCUT2D eigenvalue weighted by molar-refractivity contribution is -0.384. The van der Waals surface area contributed by atoms with Gasteiger partial charge in [-0.05, 0) is 43.0 Å². The molecule has 1 fully saturated rings. The topological polar surface area (TPSA) is 101 Å². The molecule has 0 atom stereocenters. The summed E-state index contributed by atoms with van der Waals surface area (Å²) < 4.78 is 26.9. The molecule has 0 bridgehead atoms. The maximum absolute atomic E-state index is 12.2. The molecule has 0 amide bonds. The molecule has 0 unspecified atom stereocenters. The monoisotopic (exact) mass is 395 g/mol. The van der Waals surface area contributed by atoms with Crippen LogP contribution in [0.5, 0.6) is 0 Å². The van der Waals surface area contributed by atoms with Gasteiger partial charge in [-0.1, -0.05) is 23.7 Å². The van der Waals surface area contributed by atoms with Crippen molar-refractivity contribution in [2.45, 2.75) is 37.2 Å². The van der Waals surface area contributed by atoms with E-state index in [-0.39, 0.29) is 21.6 Å². The van der Waals surface area contributed by atoms with Gasteiger partial charge in [0.1, 0.15) is 0 Å². The van der Waals surface area contributed by atoms with Crippen molar-refractivity contribution < 1.29 is 13.3 Å². The van der Waals surface area contributed by atoms with Crippen LogP contribution in [0.1, 0.15) is 24.0 Å². The fraction of sp³-hybridized carbons (Fsp3) is 0.294. The molecule has 138 valence electrons. The lowest BCUT2D eigenvalue weighted by Crippen LogP contribution is -2.25. The maximum Gasteiger partial charge on any atom is 0.271 e. The van der Waals surface area contributed by atoms with Crippen LogP contribution in [-0.2, 0) is 16.6 Å². The van der Waals surface area contributed by atoms with Crippen LogP contribution in [0.25, 0.3) is 0 Å². The Hall–Kier alpha value is -2.16. The minimum absolute atomic E-state index is 0.0595. The summed E-state index contributed by atoms with van der Waals surface area (Å²) in [5.41, 5.74) is 2.08. The number of nitro benzene ring substituents is 1. The zero-order valence-electron chi connectivity index (χ0n) is 14.0. The lowest BCUT2D eigenvalue weighted by atomic mass is 10.1. The highest BCUT2D eigenvalue weighted by Gasteiger charge is 2.27. The molecule has 0 saturated heterocycles. The minimum Gasteiger partial charge on any atom is -0.380 e. The van der Waals surface area contributed by atoms with Crippen molar-refractivity contribution in [3.05, 3.63) is 62.7 Å². The largest absolute Gasteiger partial charge is 0.380 e. The van der Waals surface area contributed by atoms with Crippen molar-refractivity contribution >= 4 is 33.0 Å². The minimum atomic E-state index is -3.46. The molecule has 2 aromatic carbocycles.